The van der Waals surface area contributed by atoms with Crippen LogP contribution >= 0.6 is 11.8 Å². The molecule has 0 aromatic carbocycles. The van der Waals surface area contributed by atoms with Crippen LogP contribution in [0.15, 0.2) is 0 Å². The lowest BCUT2D eigenvalue weighted by molar-refractivity contribution is -0.224. The number of carbonyl (C=O) groups excluding carboxylic acids is 3. The molecular weight excluding hydrogens is 524 g/mol. The standard InChI is InChI=1S/C33H52O6S/c1-18(2)13-15-40-30-29-28(25-10-9-24-19(3)8-11-27(36)39-31(30)33(24,25)7)26(38-21(5)35)17-22-16-23(37-20(4)34)12-14-32(22,29)6/h18-19,22-26,28-31H,8-17H2,1-7H3/t19-,22+,23-,24-,25+,26-,28-,29-,30-,31+,32+,33-/m1/s1. The number of carbonyl (C=O) groups is 3. The first-order valence-electron chi connectivity index (χ1n) is 16.0. The number of hydrogen-bond donors (Lipinski definition) is 0. The number of fused-ring (bicyclic) bond motifs is 4. The summed E-state index contributed by atoms with van der Waals surface area (Å²) in [4.78, 5) is 37.7. The summed E-state index contributed by atoms with van der Waals surface area (Å²) in [6, 6.07) is 0. The van der Waals surface area contributed by atoms with Crippen LogP contribution in [0.4, 0.5) is 0 Å². The highest BCUT2D eigenvalue weighted by atomic mass is 32.2. The molecule has 0 radical (unpaired) electrons. The minimum Gasteiger partial charge on any atom is -0.463 e. The van der Waals surface area contributed by atoms with Gasteiger partial charge in [-0.15, -0.1) is 0 Å². The molecule has 226 valence electrons. The van der Waals surface area contributed by atoms with E-state index < -0.39 is 0 Å². The van der Waals surface area contributed by atoms with E-state index in [1.54, 1.807) is 6.92 Å². The third-order valence-corrected chi connectivity index (χ3v) is 13.5. The molecule has 0 unspecified atom stereocenters. The van der Waals surface area contributed by atoms with Crippen molar-refractivity contribution < 1.29 is 28.6 Å². The van der Waals surface area contributed by atoms with Crippen LogP contribution in [0.3, 0.4) is 0 Å². The lowest BCUT2D eigenvalue weighted by Crippen LogP contribution is -2.68. The maximum atomic E-state index is 13.3. The predicted molar refractivity (Wildman–Crippen MR) is 156 cm³/mol. The van der Waals surface area contributed by atoms with Crippen LogP contribution in [0.5, 0.6) is 0 Å². The van der Waals surface area contributed by atoms with Gasteiger partial charge in [-0.3, -0.25) is 14.4 Å². The van der Waals surface area contributed by atoms with Crippen LogP contribution in [0.2, 0.25) is 0 Å². The van der Waals surface area contributed by atoms with Crippen LogP contribution in [0, 0.1) is 52.3 Å². The van der Waals surface area contributed by atoms with Crippen molar-refractivity contribution in [2.24, 2.45) is 52.3 Å². The highest BCUT2D eigenvalue weighted by Gasteiger charge is 2.71. The SMILES string of the molecule is CC(=O)O[C@@H]1CC[C@@]2(C)[C@@H](C1)C[C@@H](OC(C)=O)[C@@H]1[C@@H]2[C@@H](SCCC(C)C)[C@@H]2OC(=O)CC[C@@H](C)[C@H]3CC[C@@H]1[C@@]32C. The molecule has 1 heterocycles. The summed E-state index contributed by atoms with van der Waals surface area (Å²) in [7, 11) is 0. The fraction of sp³-hybridized carbons (Fsp3) is 0.909. The van der Waals surface area contributed by atoms with Gasteiger partial charge < -0.3 is 14.2 Å². The van der Waals surface area contributed by atoms with Gasteiger partial charge in [0.15, 0.2) is 0 Å². The molecule has 5 aliphatic rings. The van der Waals surface area contributed by atoms with E-state index in [1.807, 2.05) is 11.8 Å². The van der Waals surface area contributed by atoms with E-state index in [1.165, 1.54) is 6.92 Å². The molecule has 0 bridgehead atoms. The number of ether oxygens (including phenoxy) is 3. The number of hydrogen-bond acceptors (Lipinski definition) is 7. The van der Waals surface area contributed by atoms with Crippen molar-refractivity contribution in [3.05, 3.63) is 0 Å². The maximum absolute atomic E-state index is 13.3. The normalized spacial score (nSPS) is 46.2. The van der Waals surface area contributed by atoms with Gasteiger partial charge in [-0.05, 0) is 98.0 Å². The molecule has 4 aliphatic carbocycles. The first-order chi connectivity index (χ1) is 18.9. The average molecular weight is 577 g/mol. The fourth-order valence-corrected chi connectivity index (χ4v) is 12.5. The van der Waals surface area contributed by atoms with E-state index in [0.29, 0.717) is 30.1 Å². The molecule has 0 aromatic rings. The van der Waals surface area contributed by atoms with E-state index >= 15 is 0 Å². The Labute approximate surface area is 245 Å². The van der Waals surface area contributed by atoms with Gasteiger partial charge in [-0.1, -0.05) is 34.6 Å². The summed E-state index contributed by atoms with van der Waals surface area (Å²) in [6.07, 6.45) is 7.92. The average Bonchev–Trinajstić information content (AvgIpc) is 3.21. The summed E-state index contributed by atoms with van der Waals surface area (Å²) in [6.45, 7) is 14.8. The second kappa shape index (κ2) is 11.4. The van der Waals surface area contributed by atoms with E-state index in [2.05, 4.69) is 34.6 Å². The molecule has 4 saturated carbocycles. The van der Waals surface area contributed by atoms with Gasteiger partial charge in [0.05, 0.1) is 0 Å². The molecule has 0 aromatic heterocycles. The number of rotatable bonds is 6. The monoisotopic (exact) mass is 576 g/mol. The molecule has 40 heavy (non-hydrogen) atoms. The topological polar surface area (TPSA) is 78.9 Å². The Bertz CT molecular complexity index is 982. The third-order valence-electron chi connectivity index (χ3n) is 12.1. The van der Waals surface area contributed by atoms with Gasteiger partial charge in [-0.2, -0.15) is 11.8 Å². The zero-order valence-electron chi connectivity index (χ0n) is 25.8. The van der Waals surface area contributed by atoms with Crippen LogP contribution in [-0.2, 0) is 28.6 Å². The van der Waals surface area contributed by atoms with E-state index in [4.69, 9.17) is 14.2 Å². The molecule has 7 heteroatoms. The molecule has 0 N–H and O–H groups in total. The predicted octanol–water partition coefficient (Wildman–Crippen LogP) is 6.83. The minimum atomic E-state index is -0.220. The Kier molecular flexibility index (Phi) is 8.65. The number of esters is 3. The van der Waals surface area contributed by atoms with Gasteiger partial charge in [0.2, 0.25) is 0 Å². The summed E-state index contributed by atoms with van der Waals surface area (Å²) < 4.78 is 18.6. The number of thioether (sulfide) groups is 1. The Morgan fingerprint density at radius 1 is 1.02 bits per heavy atom. The molecule has 5 rings (SSSR count). The van der Waals surface area contributed by atoms with Gasteiger partial charge in [-0.25, -0.2) is 0 Å². The molecule has 5 fully saturated rings. The molecule has 0 amide bonds. The Hall–Kier alpha value is -1.24. The lowest BCUT2D eigenvalue weighted by Gasteiger charge is -2.66. The summed E-state index contributed by atoms with van der Waals surface area (Å²) >= 11 is 2.03. The van der Waals surface area contributed by atoms with Crippen molar-refractivity contribution in [2.75, 3.05) is 5.75 Å². The quantitative estimate of drug-likeness (QED) is 0.253. The van der Waals surface area contributed by atoms with Gasteiger partial charge in [0.1, 0.15) is 18.3 Å². The fourth-order valence-electron chi connectivity index (χ4n) is 10.4. The van der Waals surface area contributed by atoms with Gasteiger partial charge in [0.25, 0.3) is 0 Å². The third kappa shape index (κ3) is 5.24. The van der Waals surface area contributed by atoms with E-state index in [0.717, 1.165) is 57.1 Å². The van der Waals surface area contributed by atoms with Crippen molar-refractivity contribution in [1.29, 1.82) is 0 Å². The molecule has 6 nitrogen and oxygen atoms in total. The zero-order chi connectivity index (χ0) is 29.0. The second-order valence-electron chi connectivity index (χ2n) is 14.8. The first kappa shape index (κ1) is 30.2. The zero-order valence-corrected chi connectivity index (χ0v) is 26.6. The van der Waals surface area contributed by atoms with Crippen LogP contribution in [-0.4, -0.2) is 47.2 Å². The highest BCUT2D eigenvalue weighted by molar-refractivity contribution is 7.99. The summed E-state index contributed by atoms with van der Waals surface area (Å²) in [5.74, 6) is 3.33. The van der Waals surface area contributed by atoms with Crippen LogP contribution in [0.1, 0.15) is 106 Å². The van der Waals surface area contributed by atoms with E-state index in [-0.39, 0.29) is 70.1 Å². The molecule has 0 spiro atoms. The van der Waals surface area contributed by atoms with Crippen LogP contribution in [0.25, 0.3) is 0 Å². The van der Waals surface area contributed by atoms with Crippen molar-refractivity contribution >= 4 is 29.7 Å². The minimum absolute atomic E-state index is 0.00721. The van der Waals surface area contributed by atoms with Crippen molar-refractivity contribution in [2.45, 2.75) is 130 Å². The Morgan fingerprint density at radius 3 is 2.40 bits per heavy atom. The molecule has 1 aliphatic heterocycles. The highest BCUT2D eigenvalue weighted by Crippen LogP contribution is 2.71. The molecule has 1 saturated heterocycles. The lowest BCUT2D eigenvalue weighted by atomic mass is 9.42. The smallest absolute Gasteiger partial charge is 0.306 e. The van der Waals surface area contributed by atoms with Gasteiger partial charge in [0, 0.05) is 36.9 Å². The van der Waals surface area contributed by atoms with E-state index in [9.17, 15) is 14.4 Å². The van der Waals surface area contributed by atoms with Gasteiger partial charge >= 0.3 is 17.9 Å². The van der Waals surface area contributed by atoms with Crippen LogP contribution < -0.4 is 0 Å². The summed E-state index contributed by atoms with van der Waals surface area (Å²) in [5.41, 5.74) is -0.115. The van der Waals surface area contributed by atoms with Crippen molar-refractivity contribution in [3.63, 3.8) is 0 Å². The van der Waals surface area contributed by atoms with Crippen molar-refractivity contribution in [1.82, 2.24) is 0 Å². The first-order valence-corrected chi connectivity index (χ1v) is 17.1. The maximum Gasteiger partial charge on any atom is 0.306 e. The largest absolute Gasteiger partial charge is 0.463 e. The Balaban J connectivity index is 1.61. The molecule has 12 atom stereocenters. The second-order valence-corrected chi connectivity index (χ2v) is 16.1. The van der Waals surface area contributed by atoms with Crippen molar-refractivity contribution in [3.8, 4) is 0 Å². The summed E-state index contributed by atoms with van der Waals surface area (Å²) in [5, 5.41) is 0.163. The Morgan fingerprint density at radius 2 is 1.73 bits per heavy atom. The molecular formula is C33H52O6S.